The Kier molecular flexibility index (Phi) is 3.93. The number of hydrogen-bond acceptors (Lipinski definition) is 4. The first kappa shape index (κ1) is 14.9. The maximum atomic E-state index is 12.5. The summed E-state index contributed by atoms with van der Waals surface area (Å²) in [5, 5.41) is 11.8. The molecule has 0 bridgehead atoms. The number of carbonyl (C=O) groups is 1. The van der Waals surface area contributed by atoms with Gasteiger partial charge in [0.2, 0.25) is 0 Å². The van der Waals surface area contributed by atoms with E-state index in [9.17, 15) is 4.79 Å². The van der Waals surface area contributed by atoms with Gasteiger partial charge < -0.3 is 9.88 Å². The largest absolute Gasteiger partial charge is 0.342 e. The molecule has 1 aliphatic carbocycles. The quantitative estimate of drug-likeness (QED) is 0.941. The van der Waals surface area contributed by atoms with Gasteiger partial charge in [0.15, 0.2) is 5.82 Å². The number of hydrogen-bond donors (Lipinski definition) is 1. The Labute approximate surface area is 140 Å². The average Bonchev–Trinajstić information content (AvgIpc) is 3.18. The van der Waals surface area contributed by atoms with Crippen LogP contribution in [0, 0.1) is 0 Å². The van der Waals surface area contributed by atoms with Crippen LogP contribution in [0.3, 0.4) is 0 Å². The lowest BCUT2D eigenvalue weighted by Crippen LogP contribution is -2.28. The second-order valence-corrected chi connectivity index (χ2v) is 7.68. The van der Waals surface area contributed by atoms with E-state index in [0.717, 1.165) is 48.8 Å². The summed E-state index contributed by atoms with van der Waals surface area (Å²) in [5.41, 5.74) is 1.36. The van der Waals surface area contributed by atoms with Gasteiger partial charge in [-0.15, -0.1) is 21.5 Å². The van der Waals surface area contributed by atoms with E-state index >= 15 is 0 Å². The Morgan fingerprint density at radius 2 is 2.13 bits per heavy atom. The maximum absolute atomic E-state index is 12.5. The fourth-order valence-electron chi connectivity index (χ4n) is 3.60. The number of carbonyl (C=O) groups excluding carboxylic acids is 1. The molecule has 1 atom stereocenters. The molecule has 0 saturated heterocycles. The molecule has 2 aromatic rings. The van der Waals surface area contributed by atoms with E-state index in [4.69, 9.17) is 0 Å². The number of rotatable bonds is 3. The van der Waals surface area contributed by atoms with Crippen molar-refractivity contribution in [3.63, 3.8) is 0 Å². The third kappa shape index (κ3) is 2.80. The molecular weight excluding hydrogens is 308 g/mol. The first-order valence-corrected chi connectivity index (χ1v) is 9.38. The van der Waals surface area contributed by atoms with Crippen LogP contribution in [0.5, 0.6) is 0 Å². The van der Waals surface area contributed by atoms with E-state index in [0.29, 0.717) is 0 Å². The highest BCUT2D eigenvalue weighted by molar-refractivity contribution is 7.14. The molecule has 0 aromatic carbocycles. The predicted octanol–water partition coefficient (Wildman–Crippen LogP) is 3.05. The number of aryl methyl sites for hydroxylation is 3. The molecule has 1 amide bonds. The third-order valence-corrected chi connectivity index (χ3v) is 6.08. The van der Waals surface area contributed by atoms with E-state index < -0.39 is 0 Å². The van der Waals surface area contributed by atoms with Gasteiger partial charge in [0, 0.05) is 17.8 Å². The Bertz CT molecular complexity index is 712. The standard InChI is InChI=1S/C17H22N4OS/c1-11(16-20-19-15-8-3-2-4-9-21(15)16)18-17(22)14-10-12-6-5-7-13(12)23-14/h10-11H,2-9H2,1H3,(H,18,22). The molecule has 5 nitrogen and oxygen atoms in total. The van der Waals surface area contributed by atoms with Crippen LogP contribution in [0.15, 0.2) is 6.07 Å². The molecule has 2 aliphatic rings. The molecule has 23 heavy (non-hydrogen) atoms. The Hall–Kier alpha value is -1.69. The number of nitrogens with one attached hydrogen (secondary N) is 1. The number of amides is 1. The summed E-state index contributed by atoms with van der Waals surface area (Å²) < 4.78 is 2.20. The molecule has 0 fully saturated rings. The number of nitrogens with zero attached hydrogens (tertiary/aromatic N) is 3. The molecule has 3 heterocycles. The highest BCUT2D eigenvalue weighted by atomic mass is 32.1. The topological polar surface area (TPSA) is 59.8 Å². The van der Waals surface area contributed by atoms with Crippen molar-refractivity contribution < 1.29 is 4.79 Å². The van der Waals surface area contributed by atoms with E-state index in [-0.39, 0.29) is 11.9 Å². The van der Waals surface area contributed by atoms with Crippen LogP contribution in [0.4, 0.5) is 0 Å². The average molecular weight is 330 g/mol. The summed E-state index contributed by atoms with van der Waals surface area (Å²) in [6.07, 6.45) is 8.05. The van der Waals surface area contributed by atoms with E-state index in [1.165, 1.54) is 29.7 Å². The predicted molar refractivity (Wildman–Crippen MR) is 89.8 cm³/mol. The molecule has 2 aromatic heterocycles. The normalized spacial score (nSPS) is 18.1. The zero-order valence-corrected chi connectivity index (χ0v) is 14.3. The first-order chi connectivity index (χ1) is 11.2. The van der Waals surface area contributed by atoms with Crippen molar-refractivity contribution >= 4 is 17.2 Å². The highest BCUT2D eigenvalue weighted by Gasteiger charge is 2.23. The first-order valence-electron chi connectivity index (χ1n) is 8.57. The Balaban J connectivity index is 1.50. The van der Waals surface area contributed by atoms with Crippen LogP contribution >= 0.6 is 11.3 Å². The fraction of sp³-hybridized carbons (Fsp3) is 0.588. The molecule has 4 rings (SSSR count). The van der Waals surface area contributed by atoms with Gasteiger partial charge in [0.1, 0.15) is 5.82 Å². The SMILES string of the molecule is CC(NC(=O)c1cc2c(s1)CCC2)c1nnc2n1CCCCC2. The fourth-order valence-corrected chi connectivity index (χ4v) is 4.76. The number of fused-ring (bicyclic) bond motifs is 2. The van der Waals surface area contributed by atoms with Gasteiger partial charge in [-0.2, -0.15) is 0 Å². The van der Waals surface area contributed by atoms with Crippen molar-refractivity contribution in [1.29, 1.82) is 0 Å². The minimum Gasteiger partial charge on any atom is -0.342 e. The summed E-state index contributed by atoms with van der Waals surface area (Å²) in [5.74, 6) is 1.97. The second kappa shape index (κ2) is 6.07. The minimum atomic E-state index is -0.112. The van der Waals surface area contributed by atoms with Crippen LogP contribution in [0.1, 0.15) is 70.4 Å². The maximum Gasteiger partial charge on any atom is 0.261 e. The van der Waals surface area contributed by atoms with Crippen molar-refractivity contribution in [2.24, 2.45) is 0 Å². The lowest BCUT2D eigenvalue weighted by Gasteiger charge is -2.14. The molecule has 0 spiro atoms. The Morgan fingerprint density at radius 1 is 1.22 bits per heavy atom. The summed E-state index contributed by atoms with van der Waals surface area (Å²) in [7, 11) is 0. The molecule has 0 radical (unpaired) electrons. The van der Waals surface area contributed by atoms with Crippen LogP contribution < -0.4 is 5.32 Å². The molecule has 1 unspecified atom stereocenters. The van der Waals surface area contributed by atoms with Gasteiger partial charge in [-0.05, 0) is 50.7 Å². The van der Waals surface area contributed by atoms with E-state index in [1.807, 2.05) is 6.92 Å². The summed E-state index contributed by atoms with van der Waals surface area (Å²) in [6, 6.07) is 1.96. The molecule has 6 heteroatoms. The van der Waals surface area contributed by atoms with Crippen LogP contribution in [0.25, 0.3) is 0 Å². The van der Waals surface area contributed by atoms with E-state index in [1.54, 1.807) is 11.3 Å². The van der Waals surface area contributed by atoms with Gasteiger partial charge in [-0.1, -0.05) is 6.42 Å². The minimum absolute atomic E-state index is 0.0165. The highest BCUT2D eigenvalue weighted by Crippen LogP contribution is 2.30. The van der Waals surface area contributed by atoms with E-state index in [2.05, 4.69) is 26.1 Å². The summed E-state index contributed by atoms with van der Waals surface area (Å²) >= 11 is 1.65. The zero-order chi connectivity index (χ0) is 15.8. The van der Waals surface area contributed by atoms with Gasteiger partial charge in [0.25, 0.3) is 5.91 Å². The van der Waals surface area contributed by atoms with Crippen molar-refractivity contribution in [3.8, 4) is 0 Å². The van der Waals surface area contributed by atoms with Crippen molar-refractivity contribution in [1.82, 2.24) is 20.1 Å². The molecular formula is C17H22N4OS. The molecule has 122 valence electrons. The van der Waals surface area contributed by atoms with Crippen molar-refractivity contribution in [2.45, 2.75) is 64.5 Å². The van der Waals surface area contributed by atoms with Gasteiger partial charge in [-0.3, -0.25) is 4.79 Å². The lowest BCUT2D eigenvalue weighted by atomic mass is 10.2. The monoisotopic (exact) mass is 330 g/mol. The van der Waals surface area contributed by atoms with Crippen LogP contribution in [-0.4, -0.2) is 20.7 Å². The molecule has 1 aliphatic heterocycles. The lowest BCUT2D eigenvalue weighted by molar-refractivity contribution is 0.0941. The summed E-state index contributed by atoms with van der Waals surface area (Å²) in [4.78, 5) is 14.8. The van der Waals surface area contributed by atoms with Gasteiger partial charge >= 0.3 is 0 Å². The number of thiophene rings is 1. The van der Waals surface area contributed by atoms with Crippen molar-refractivity contribution in [3.05, 3.63) is 33.0 Å². The van der Waals surface area contributed by atoms with Gasteiger partial charge in [0.05, 0.1) is 10.9 Å². The second-order valence-electron chi connectivity index (χ2n) is 6.54. The number of aromatic nitrogens is 3. The van der Waals surface area contributed by atoms with Crippen molar-refractivity contribution in [2.75, 3.05) is 0 Å². The van der Waals surface area contributed by atoms with Crippen LogP contribution in [0.2, 0.25) is 0 Å². The molecule has 0 saturated carbocycles. The Morgan fingerprint density at radius 3 is 3.00 bits per heavy atom. The van der Waals surface area contributed by atoms with Gasteiger partial charge in [-0.25, -0.2) is 0 Å². The van der Waals surface area contributed by atoms with Crippen LogP contribution in [-0.2, 0) is 25.8 Å². The molecule has 1 N–H and O–H groups in total. The zero-order valence-electron chi connectivity index (χ0n) is 13.5. The summed E-state index contributed by atoms with van der Waals surface area (Å²) in [6.45, 7) is 2.96. The smallest absolute Gasteiger partial charge is 0.261 e. The third-order valence-electron chi connectivity index (χ3n) is 4.84.